The summed E-state index contributed by atoms with van der Waals surface area (Å²) in [5, 5.41) is 0. The maximum Gasteiger partial charge on any atom is 0.119 e. The quantitative estimate of drug-likeness (QED) is 0.646. The highest BCUT2D eigenvalue weighted by molar-refractivity contribution is 5.27. The Morgan fingerprint density at radius 2 is 1.68 bits per heavy atom. The van der Waals surface area contributed by atoms with Crippen LogP contribution in [0.15, 0.2) is 54.6 Å². The van der Waals surface area contributed by atoms with Crippen LogP contribution in [0.3, 0.4) is 0 Å². The molecule has 0 spiro atoms. The lowest BCUT2D eigenvalue weighted by atomic mass is 10.1. The summed E-state index contributed by atoms with van der Waals surface area (Å²) < 4.78 is 5.74. The molecule has 0 saturated carbocycles. The van der Waals surface area contributed by atoms with Crippen molar-refractivity contribution in [2.45, 2.75) is 32.6 Å². The zero-order valence-electron chi connectivity index (χ0n) is 11.6. The molecule has 2 aromatic rings. The van der Waals surface area contributed by atoms with Gasteiger partial charge >= 0.3 is 0 Å². The van der Waals surface area contributed by atoms with Crippen LogP contribution in [-0.2, 0) is 6.42 Å². The summed E-state index contributed by atoms with van der Waals surface area (Å²) in [6, 6.07) is 18.9. The van der Waals surface area contributed by atoms with Crippen LogP contribution in [0.2, 0.25) is 0 Å². The van der Waals surface area contributed by atoms with Gasteiger partial charge in [-0.05, 0) is 55.9 Å². The molecule has 0 amide bonds. The first-order valence-corrected chi connectivity index (χ1v) is 7.08. The summed E-state index contributed by atoms with van der Waals surface area (Å²) in [7, 11) is 0. The van der Waals surface area contributed by atoms with Crippen LogP contribution in [0, 0.1) is 6.92 Å². The largest absolute Gasteiger partial charge is 0.494 e. The van der Waals surface area contributed by atoms with Gasteiger partial charge < -0.3 is 4.74 Å². The molecule has 0 heterocycles. The zero-order valence-corrected chi connectivity index (χ0v) is 11.6. The molecule has 2 aromatic carbocycles. The number of hydrogen-bond acceptors (Lipinski definition) is 1. The fraction of sp³-hybridized carbons (Fsp3) is 0.333. The number of aryl methyl sites for hydroxylation is 2. The lowest BCUT2D eigenvalue weighted by Crippen LogP contribution is -1.97. The second-order valence-electron chi connectivity index (χ2n) is 4.96. The van der Waals surface area contributed by atoms with E-state index in [1.54, 1.807) is 0 Å². The molecule has 0 unspecified atom stereocenters. The highest BCUT2D eigenvalue weighted by Crippen LogP contribution is 2.13. The second kappa shape index (κ2) is 7.63. The van der Waals surface area contributed by atoms with E-state index >= 15 is 0 Å². The molecule has 100 valence electrons. The van der Waals surface area contributed by atoms with E-state index in [-0.39, 0.29) is 0 Å². The number of ether oxygens (including phenoxy) is 1. The predicted molar refractivity (Wildman–Crippen MR) is 80.7 cm³/mol. The van der Waals surface area contributed by atoms with Crippen molar-refractivity contribution in [3.05, 3.63) is 65.7 Å². The van der Waals surface area contributed by atoms with Gasteiger partial charge in [-0.3, -0.25) is 0 Å². The van der Waals surface area contributed by atoms with E-state index in [1.807, 2.05) is 12.1 Å². The third-order valence-electron chi connectivity index (χ3n) is 3.21. The highest BCUT2D eigenvalue weighted by atomic mass is 16.5. The van der Waals surface area contributed by atoms with Crippen molar-refractivity contribution in [3.63, 3.8) is 0 Å². The number of hydrogen-bond donors (Lipinski definition) is 0. The van der Waals surface area contributed by atoms with Crippen LogP contribution >= 0.6 is 0 Å². The third kappa shape index (κ3) is 5.17. The molecule has 1 heteroatoms. The average molecular weight is 254 g/mol. The fourth-order valence-electron chi connectivity index (χ4n) is 2.15. The Balaban J connectivity index is 1.58. The second-order valence-corrected chi connectivity index (χ2v) is 4.96. The molecule has 0 aliphatic carbocycles. The Kier molecular flexibility index (Phi) is 5.49. The van der Waals surface area contributed by atoms with Gasteiger partial charge in [0.15, 0.2) is 0 Å². The SMILES string of the molecule is Cc1cccc(OCCCCCc2ccccc2)c1. The first-order valence-electron chi connectivity index (χ1n) is 7.08. The molecule has 0 saturated heterocycles. The monoisotopic (exact) mass is 254 g/mol. The first kappa shape index (κ1) is 13.7. The molecular formula is C18H22O. The summed E-state index contributed by atoms with van der Waals surface area (Å²) in [6.07, 6.45) is 4.76. The van der Waals surface area contributed by atoms with Gasteiger partial charge in [0.25, 0.3) is 0 Å². The van der Waals surface area contributed by atoms with Gasteiger partial charge in [0.05, 0.1) is 6.61 Å². The topological polar surface area (TPSA) is 9.23 Å². The summed E-state index contributed by atoms with van der Waals surface area (Å²) in [5.74, 6) is 0.989. The molecule has 0 radical (unpaired) electrons. The van der Waals surface area contributed by atoms with E-state index in [4.69, 9.17) is 4.74 Å². The van der Waals surface area contributed by atoms with E-state index in [9.17, 15) is 0 Å². The Morgan fingerprint density at radius 3 is 2.47 bits per heavy atom. The van der Waals surface area contributed by atoms with Crippen molar-refractivity contribution in [3.8, 4) is 5.75 Å². The van der Waals surface area contributed by atoms with Gasteiger partial charge in [-0.25, -0.2) is 0 Å². The zero-order chi connectivity index (χ0) is 13.3. The van der Waals surface area contributed by atoms with Crippen LogP contribution in [0.4, 0.5) is 0 Å². The maximum atomic E-state index is 5.74. The fourth-order valence-corrected chi connectivity index (χ4v) is 2.15. The van der Waals surface area contributed by atoms with Crippen LogP contribution in [0.1, 0.15) is 30.4 Å². The molecular weight excluding hydrogens is 232 g/mol. The number of benzene rings is 2. The van der Waals surface area contributed by atoms with Gasteiger partial charge in [0, 0.05) is 0 Å². The maximum absolute atomic E-state index is 5.74. The Labute approximate surface area is 116 Å². The van der Waals surface area contributed by atoms with Crippen molar-refractivity contribution < 1.29 is 4.74 Å². The highest BCUT2D eigenvalue weighted by Gasteiger charge is 1.95. The minimum absolute atomic E-state index is 0.818. The Bertz CT molecular complexity index is 476. The summed E-state index contributed by atoms with van der Waals surface area (Å²) >= 11 is 0. The molecule has 0 N–H and O–H groups in total. The number of unbranched alkanes of at least 4 members (excludes halogenated alkanes) is 2. The van der Waals surface area contributed by atoms with Crippen molar-refractivity contribution in [2.75, 3.05) is 6.61 Å². The van der Waals surface area contributed by atoms with E-state index in [2.05, 4.69) is 49.4 Å². The van der Waals surface area contributed by atoms with Crippen molar-refractivity contribution in [1.82, 2.24) is 0 Å². The smallest absolute Gasteiger partial charge is 0.119 e. The normalized spacial score (nSPS) is 10.4. The van der Waals surface area contributed by atoms with Crippen molar-refractivity contribution >= 4 is 0 Å². The molecule has 0 aromatic heterocycles. The molecule has 0 fully saturated rings. The number of rotatable bonds is 7. The Hall–Kier alpha value is -1.76. The Morgan fingerprint density at radius 1 is 0.842 bits per heavy atom. The van der Waals surface area contributed by atoms with Gasteiger partial charge in [0.2, 0.25) is 0 Å². The van der Waals surface area contributed by atoms with Gasteiger partial charge in [-0.15, -0.1) is 0 Å². The van der Waals surface area contributed by atoms with E-state index in [1.165, 1.54) is 30.4 Å². The van der Waals surface area contributed by atoms with Gasteiger partial charge in [-0.1, -0.05) is 42.5 Å². The first-order chi connectivity index (χ1) is 9.34. The lowest BCUT2D eigenvalue weighted by molar-refractivity contribution is 0.305. The van der Waals surface area contributed by atoms with E-state index in [0.717, 1.165) is 18.8 Å². The minimum atomic E-state index is 0.818. The lowest BCUT2D eigenvalue weighted by Gasteiger charge is -2.06. The van der Waals surface area contributed by atoms with E-state index in [0.29, 0.717) is 0 Å². The minimum Gasteiger partial charge on any atom is -0.494 e. The third-order valence-corrected chi connectivity index (χ3v) is 3.21. The molecule has 2 rings (SSSR count). The van der Waals surface area contributed by atoms with Gasteiger partial charge in [-0.2, -0.15) is 0 Å². The van der Waals surface area contributed by atoms with Crippen LogP contribution < -0.4 is 4.74 Å². The van der Waals surface area contributed by atoms with Crippen LogP contribution in [-0.4, -0.2) is 6.61 Å². The summed E-state index contributed by atoms with van der Waals surface area (Å²) in [4.78, 5) is 0. The molecule has 0 atom stereocenters. The summed E-state index contributed by atoms with van der Waals surface area (Å²) in [5.41, 5.74) is 2.68. The van der Waals surface area contributed by atoms with Gasteiger partial charge in [0.1, 0.15) is 5.75 Å². The standard InChI is InChI=1S/C18H22O/c1-16-9-8-13-18(15-16)19-14-7-3-6-12-17-10-4-2-5-11-17/h2,4-5,8-11,13,15H,3,6-7,12,14H2,1H3. The molecule has 0 bridgehead atoms. The van der Waals surface area contributed by atoms with Crippen molar-refractivity contribution in [2.24, 2.45) is 0 Å². The van der Waals surface area contributed by atoms with Crippen LogP contribution in [0.25, 0.3) is 0 Å². The summed E-state index contributed by atoms with van der Waals surface area (Å²) in [6.45, 7) is 2.91. The molecule has 0 aliphatic rings. The van der Waals surface area contributed by atoms with E-state index < -0.39 is 0 Å². The molecule has 1 nitrogen and oxygen atoms in total. The van der Waals surface area contributed by atoms with Crippen LogP contribution in [0.5, 0.6) is 5.75 Å². The van der Waals surface area contributed by atoms with Crippen molar-refractivity contribution in [1.29, 1.82) is 0 Å². The molecule has 0 aliphatic heterocycles. The average Bonchev–Trinajstić information content (AvgIpc) is 2.44. The molecule has 19 heavy (non-hydrogen) atoms. The predicted octanol–water partition coefficient (Wildman–Crippen LogP) is 4.79.